The lowest BCUT2D eigenvalue weighted by molar-refractivity contribution is 0.0886. The van der Waals surface area contributed by atoms with Crippen molar-refractivity contribution in [2.75, 3.05) is 0 Å². The summed E-state index contributed by atoms with van der Waals surface area (Å²) in [4.78, 5) is 12.2. The molecule has 0 radical (unpaired) electrons. The van der Waals surface area contributed by atoms with E-state index < -0.39 is 0 Å². The summed E-state index contributed by atoms with van der Waals surface area (Å²) in [5.41, 5.74) is 1.29. The Morgan fingerprint density at radius 3 is 2.62 bits per heavy atom. The minimum atomic E-state index is 0.126. The van der Waals surface area contributed by atoms with E-state index >= 15 is 0 Å². The third kappa shape index (κ3) is 2.11. The standard InChI is InChI=1S/C14H18O2/c1-10-6-5-9-12(13(10)15)14(16)11-7-3-2-4-8-11/h5-6,9,11,15H,2-4,7-8H2,1H3. The Labute approximate surface area is 96.3 Å². The van der Waals surface area contributed by atoms with E-state index in [1.807, 2.05) is 19.1 Å². The van der Waals surface area contributed by atoms with Gasteiger partial charge >= 0.3 is 0 Å². The number of para-hydroxylation sites is 1. The molecule has 16 heavy (non-hydrogen) atoms. The number of aryl methyl sites for hydroxylation is 1. The van der Waals surface area contributed by atoms with Gasteiger partial charge in [-0.15, -0.1) is 0 Å². The van der Waals surface area contributed by atoms with Gasteiger partial charge in [0.15, 0.2) is 5.78 Å². The molecule has 1 fully saturated rings. The van der Waals surface area contributed by atoms with Crippen LogP contribution in [0.1, 0.15) is 48.0 Å². The highest BCUT2D eigenvalue weighted by Gasteiger charge is 2.24. The van der Waals surface area contributed by atoms with Gasteiger partial charge < -0.3 is 5.11 Å². The lowest BCUT2D eigenvalue weighted by Gasteiger charge is -2.20. The summed E-state index contributed by atoms with van der Waals surface area (Å²) in [5, 5.41) is 9.88. The predicted octanol–water partition coefficient (Wildman–Crippen LogP) is 3.46. The van der Waals surface area contributed by atoms with Gasteiger partial charge in [-0.1, -0.05) is 31.4 Å². The van der Waals surface area contributed by atoms with Crippen molar-refractivity contribution in [1.29, 1.82) is 0 Å². The van der Waals surface area contributed by atoms with E-state index in [0.29, 0.717) is 5.56 Å². The maximum Gasteiger partial charge on any atom is 0.169 e. The van der Waals surface area contributed by atoms with E-state index in [1.54, 1.807) is 6.07 Å². The number of aromatic hydroxyl groups is 1. The van der Waals surface area contributed by atoms with Crippen LogP contribution in [0, 0.1) is 12.8 Å². The Bertz CT molecular complexity index is 390. The molecule has 0 amide bonds. The van der Waals surface area contributed by atoms with Crippen LogP contribution in [0.5, 0.6) is 5.75 Å². The summed E-state index contributed by atoms with van der Waals surface area (Å²) in [7, 11) is 0. The first kappa shape index (κ1) is 11.2. The topological polar surface area (TPSA) is 37.3 Å². The van der Waals surface area contributed by atoms with Crippen molar-refractivity contribution in [3.05, 3.63) is 29.3 Å². The first-order valence-corrected chi connectivity index (χ1v) is 6.03. The van der Waals surface area contributed by atoms with E-state index in [1.165, 1.54) is 6.42 Å². The maximum absolute atomic E-state index is 12.2. The maximum atomic E-state index is 12.2. The molecule has 0 aromatic heterocycles. The largest absolute Gasteiger partial charge is 0.507 e. The summed E-state index contributed by atoms with van der Waals surface area (Å²) < 4.78 is 0. The summed E-state index contributed by atoms with van der Waals surface area (Å²) in [6.07, 6.45) is 5.48. The van der Waals surface area contributed by atoms with Crippen LogP contribution in [-0.4, -0.2) is 10.9 Å². The van der Waals surface area contributed by atoms with E-state index in [-0.39, 0.29) is 17.5 Å². The third-order valence-corrected chi connectivity index (χ3v) is 3.48. The summed E-state index contributed by atoms with van der Waals surface area (Å²) >= 11 is 0. The first-order valence-electron chi connectivity index (χ1n) is 6.03. The third-order valence-electron chi connectivity index (χ3n) is 3.48. The summed E-state index contributed by atoms with van der Waals surface area (Å²) in [6, 6.07) is 5.40. The Hall–Kier alpha value is -1.31. The average Bonchev–Trinajstić information content (AvgIpc) is 2.33. The SMILES string of the molecule is Cc1cccc(C(=O)C2CCCCC2)c1O. The molecule has 0 saturated heterocycles. The number of phenols is 1. The van der Waals surface area contributed by atoms with Crippen LogP contribution >= 0.6 is 0 Å². The van der Waals surface area contributed by atoms with Crippen LogP contribution in [0.25, 0.3) is 0 Å². The predicted molar refractivity (Wildman–Crippen MR) is 63.7 cm³/mol. The van der Waals surface area contributed by atoms with E-state index in [9.17, 15) is 9.90 Å². The lowest BCUT2D eigenvalue weighted by Crippen LogP contribution is -2.18. The second-order valence-electron chi connectivity index (χ2n) is 4.67. The van der Waals surface area contributed by atoms with Crippen molar-refractivity contribution in [3.8, 4) is 5.75 Å². The second-order valence-corrected chi connectivity index (χ2v) is 4.67. The van der Waals surface area contributed by atoms with Crippen LogP contribution < -0.4 is 0 Å². The van der Waals surface area contributed by atoms with E-state index in [0.717, 1.165) is 31.2 Å². The molecule has 0 bridgehead atoms. The number of hydrogen-bond acceptors (Lipinski definition) is 2. The molecule has 2 rings (SSSR count). The normalized spacial score (nSPS) is 17.3. The molecular weight excluding hydrogens is 200 g/mol. The van der Waals surface area contributed by atoms with Crippen LogP contribution in [-0.2, 0) is 0 Å². The van der Waals surface area contributed by atoms with Crippen molar-refractivity contribution in [2.45, 2.75) is 39.0 Å². The molecule has 0 aliphatic heterocycles. The van der Waals surface area contributed by atoms with Gasteiger partial charge in [0, 0.05) is 5.92 Å². The van der Waals surface area contributed by atoms with Gasteiger partial charge in [-0.25, -0.2) is 0 Å². The van der Waals surface area contributed by atoms with Gasteiger partial charge in [0.2, 0.25) is 0 Å². The van der Waals surface area contributed by atoms with Crippen molar-refractivity contribution in [1.82, 2.24) is 0 Å². The zero-order chi connectivity index (χ0) is 11.5. The fourth-order valence-corrected chi connectivity index (χ4v) is 2.44. The highest BCUT2D eigenvalue weighted by Crippen LogP contribution is 2.30. The molecule has 0 heterocycles. The molecule has 2 nitrogen and oxygen atoms in total. The Kier molecular flexibility index (Phi) is 3.28. The zero-order valence-corrected chi connectivity index (χ0v) is 9.70. The van der Waals surface area contributed by atoms with Gasteiger partial charge in [0.1, 0.15) is 5.75 Å². The molecule has 1 aliphatic carbocycles. The fourth-order valence-electron chi connectivity index (χ4n) is 2.44. The van der Waals surface area contributed by atoms with Crippen LogP contribution in [0.2, 0.25) is 0 Å². The smallest absolute Gasteiger partial charge is 0.169 e. The molecule has 0 atom stereocenters. The van der Waals surface area contributed by atoms with Crippen molar-refractivity contribution >= 4 is 5.78 Å². The number of phenolic OH excluding ortho intramolecular Hbond substituents is 1. The molecule has 0 unspecified atom stereocenters. The number of carbonyl (C=O) groups is 1. The number of ketones is 1. The van der Waals surface area contributed by atoms with Crippen molar-refractivity contribution < 1.29 is 9.90 Å². The van der Waals surface area contributed by atoms with Gasteiger partial charge in [0.05, 0.1) is 5.56 Å². The van der Waals surface area contributed by atoms with Crippen molar-refractivity contribution in [2.24, 2.45) is 5.92 Å². The molecule has 1 aromatic rings. The highest BCUT2D eigenvalue weighted by atomic mass is 16.3. The van der Waals surface area contributed by atoms with Gasteiger partial charge in [0.25, 0.3) is 0 Å². The highest BCUT2D eigenvalue weighted by molar-refractivity contribution is 6.00. The summed E-state index contributed by atoms with van der Waals surface area (Å²) in [5.74, 6) is 0.417. The first-order chi connectivity index (χ1) is 7.70. The summed E-state index contributed by atoms with van der Waals surface area (Å²) in [6.45, 7) is 1.83. The van der Waals surface area contributed by atoms with Crippen LogP contribution in [0.3, 0.4) is 0 Å². The lowest BCUT2D eigenvalue weighted by atomic mass is 9.83. The van der Waals surface area contributed by atoms with E-state index in [4.69, 9.17) is 0 Å². The molecule has 1 N–H and O–H groups in total. The van der Waals surface area contributed by atoms with Crippen molar-refractivity contribution in [3.63, 3.8) is 0 Å². The monoisotopic (exact) mass is 218 g/mol. The number of benzene rings is 1. The van der Waals surface area contributed by atoms with E-state index in [2.05, 4.69) is 0 Å². The molecule has 1 saturated carbocycles. The second kappa shape index (κ2) is 4.69. The van der Waals surface area contributed by atoms with Crippen LogP contribution in [0.15, 0.2) is 18.2 Å². The Balaban J connectivity index is 2.22. The molecule has 86 valence electrons. The van der Waals surface area contributed by atoms with Gasteiger partial charge in [-0.2, -0.15) is 0 Å². The average molecular weight is 218 g/mol. The molecular formula is C14H18O2. The number of hydrogen-bond donors (Lipinski definition) is 1. The quantitative estimate of drug-likeness (QED) is 0.772. The van der Waals surface area contributed by atoms with Gasteiger partial charge in [-0.3, -0.25) is 4.79 Å². The molecule has 1 aliphatic rings. The number of Topliss-reactive ketones (excluding diaryl/α,β-unsaturated/α-hetero) is 1. The molecule has 2 heteroatoms. The molecule has 0 spiro atoms. The van der Waals surface area contributed by atoms with Gasteiger partial charge in [-0.05, 0) is 31.4 Å². The zero-order valence-electron chi connectivity index (χ0n) is 9.70. The number of carbonyl (C=O) groups excluding carboxylic acids is 1. The Morgan fingerprint density at radius 2 is 1.94 bits per heavy atom. The molecule has 1 aromatic carbocycles. The fraction of sp³-hybridized carbons (Fsp3) is 0.500. The minimum absolute atomic E-state index is 0.126. The minimum Gasteiger partial charge on any atom is -0.507 e. The number of rotatable bonds is 2. The van der Waals surface area contributed by atoms with Crippen LogP contribution in [0.4, 0.5) is 0 Å². The Morgan fingerprint density at radius 1 is 1.25 bits per heavy atom.